The highest BCUT2D eigenvalue weighted by Crippen LogP contribution is 2.27. The fraction of sp³-hybridized carbons (Fsp3) is 0. The van der Waals surface area contributed by atoms with Gasteiger partial charge in [-0.25, -0.2) is 4.98 Å². The summed E-state index contributed by atoms with van der Waals surface area (Å²) in [6, 6.07) is 12.6. The second-order valence-corrected chi connectivity index (χ2v) is 6.38. The summed E-state index contributed by atoms with van der Waals surface area (Å²) in [4.78, 5) is 16.5. The number of aromatic nitrogens is 1. The second kappa shape index (κ2) is 5.37. The van der Waals surface area contributed by atoms with Gasteiger partial charge in [-0.1, -0.05) is 23.5 Å². The molecule has 6 heteroatoms. The molecule has 4 nitrogen and oxygen atoms in total. The lowest BCUT2D eigenvalue weighted by atomic mass is 10.2. The molecule has 0 radical (unpaired) electrons. The number of hydrogen-bond acceptors (Lipinski definition) is 4. The maximum absolute atomic E-state index is 12.2. The number of halogens is 1. The van der Waals surface area contributed by atoms with Gasteiger partial charge in [0.05, 0.1) is 15.8 Å². The number of fused-ring (bicyclic) bond motifs is 1. The number of anilines is 1. The Labute approximate surface area is 132 Å². The van der Waals surface area contributed by atoms with Crippen molar-refractivity contribution in [2.24, 2.45) is 0 Å². The van der Waals surface area contributed by atoms with E-state index in [1.54, 1.807) is 12.1 Å². The highest BCUT2D eigenvalue weighted by atomic mass is 127. The second-order valence-electron chi connectivity index (χ2n) is 4.10. The first kappa shape index (κ1) is 13.3. The summed E-state index contributed by atoms with van der Waals surface area (Å²) < 4.78 is 1.89. The van der Waals surface area contributed by atoms with Crippen molar-refractivity contribution in [3.63, 3.8) is 0 Å². The molecule has 0 saturated heterocycles. The maximum Gasteiger partial charge on any atom is 0.261 e. The fourth-order valence-corrected chi connectivity index (χ4v) is 3.13. The van der Waals surface area contributed by atoms with Gasteiger partial charge in [-0.05, 0) is 52.9 Å². The molecule has 1 heterocycles. The third-order valence-corrected chi connectivity index (χ3v) is 4.34. The molecule has 2 aromatic carbocycles. The van der Waals surface area contributed by atoms with Gasteiger partial charge in [-0.3, -0.25) is 10.1 Å². The first-order valence-corrected chi connectivity index (χ1v) is 7.68. The van der Waals surface area contributed by atoms with Crippen molar-refractivity contribution in [3.05, 3.63) is 51.6 Å². The van der Waals surface area contributed by atoms with Crippen molar-refractivity contribution in [1.82, 2.24) is 4.98 Å². The molecular formula is C14H9IN2O2S. The lowest BCUT2D eigenvalue weighted by Gasteiger charge is -2.04. The summed E-state index contributed by atoms with van der Waals surface area (Å²) in [6.07, 6.45) is 0. The standard InChI is InChI=1S/C14H9IN2O2S/c15-8-5-6-11(18)9(7-8)13(19)17-14-16-10-3-1-2-4-12(10)20-14/h1-7,18H,(H,16,17,19). The number of phenols is 1. The van der Waals surface area contributed by atoms with E-state index in [-0.39, 0.29) is 17.2 Å². The Bertz CT molecular complexity index is 768. The van der Waals surface area contributed by atoms with Crippen LogP contribution < -0.4 is 5.32 Å². The Balaban J connectivity index is 1.90. The van der Waals surface area contributed by atoms with Crippen LogP contribution >= 0.6 is 33.9 Å². The minimum Gasteiger partial charge on any atom is -0.507 e. The highest BCUT2D eigenvalue weighted by molar-refractivity contribution is 14.1. The van der Waals surface area contributed by atoms with E-state index in [0.29, 0.717) is 5.13 Å². The molecule has 2 N–H and O–H groups in total. The van der Waals surface area contributed by atoms with Crippen LogP contribution in [0.1, 0.15) is 10.4 Å². The van der Waals surface area contributed by atoms with Gasteiger partial charge in [-0.15, -0.1) is 0 Å². The molecule has 0 bridgehead atoms. The Kier molecular flexibility index (Phi) is 3.58. The van der Waals surface area contributed by atoms with Crippen LogP contribution in [0.3, 0.4) is 0 Å². The van der Waals surface area contributed by atoms with Crippen LogP contribution in [-0.2, 0) is 0 Å². The molecule has 3 rings (SSSR count). The molecule has 100 valence electrons. The number of carbonyl (C=O) groups is 1. The molecule has 0 aliphatic carbocycles. The van der Waals surface area contributed by atoms with Crippen LogP contribution in [0.5, 0.6) is 5.75 Å². The van der Waals surface area contributed by atoms with Crippen molar-refractivity contribution >= 4 is 55.2 Å². The van der Waals surface area contributed by atoms with Gasteiger partial charge in [0, 0.05) is 3.57 Å². The summed E-state index contributed by atoms with van der Waals surface area (Å²) in [6.45, 7) is 0. The van der Waals surface area contributed by atoms with E-state index in [2.05, 4.69) is 32.9 Å². The third kappa shape index (κ3) is 2.61. The van der Waals surface area contributed by atoms with Crippen molar-refractivity contribution < 1.29 is 9.90 Å². The number of phenolic OH excluding ortho intramolecular Hbond substituents is 1. The van der Waals surface area contributed by atoms with Crippen LogP contribution in [0, 0.1) is 3.57 Å². The number of benzene rings is 2. The van der Waals surface area contributed by atoms with Gasteiger partial charge < -0.3 is 5.11 Å². The smallest absolute Gasteiger partial charge is 0.261 e. The number of hydrogen-bond donors (Lipinski definition) is 2. The summed E-state index contributed by atoms with van der Waals surface area (Å²) in [5.74, 6) is -0.399. The van der Waals surface area contributed by atoms with Crippen LogP contribution in [0.15, 0.2) is 42.5 Å². The van der Waals surface area contributed by atoms with Gasteiger partial charge in [-0.2, -0.15) is 0 Å². The fourth-order valence-electron chi connectivity index (χ4n) is 1.78. The van der Waals surface area contributed by atoms with E-state index in [0.717, 1.165) is 13.8 Å². The van der Waals surface area contributed by atoms with Gasteiger partial charge in [0.25, 0.3) is 5.91 Å². The Morgan fingerprint density at radius 2 is 2.05 bits per heavy atom. The number of thiazole rings is 1. The quantitative estimate of drug-likeness (QED) is 0.647. The maximum atomic E-state index is 12.2. The largest absolute Gasteiger partial charge is 0.507 e. The van der Waals surface area contributed by atoms with E-state index in [1.165, 1.54) is 17.4 Å². The summed E-state index contributed by atoms with van der Waals surface area (Å²) in [5, 5.41) is 13.0. The predicted molar refractivity (Wildman–Crippen MR) is 88.4 cm³/mol. The molecule has 0 aliphatic heterocycles. The first-order chi connectivity index (χ1) is 9.63. The Morgan fingerprint density at radius 1 is 1.25 bits per heavy atom. The zero-order valence-electron chi connectivity index (χ0n) is 10.1. The van der Waals surface area contributed by atoms with E-state index in [4.69, 9.17) is 0 Å². The summed E-state index contributed by atoms with van der Waals surface area (Å²) >= 11 is 3.50. The molecule has 0 atom stereocenters. The molecule has 0 aliphatic rings. The molecule has 0 fully saturated rings. The zero-order valence-corrected chi connectivity index (χ0v) is 13.1. The topological polar surface area (TPSA) is 62.2 Å². The van der Waals surface area contributed by atoms with Crippen molar-refractivity contribution in [2.45, 2.75) is 0 Å². The number of nitrogens with one attached hydrogen (secondary N) is 1. The third-order valence-electron chi connectivity index (χ3n) is 2.72. The average molecular weight is 396 g/mol. The van der Waals surface area contributed by atoms with Crippen LogP contribution in [0.2, 0.25) is 0 Å². The molecule has 0 saturated carbocycles. The van der Waals surface area contributed by atoms with Gasteiger partial charge >= 0.3 is 0 Å². The minimum absolute atomic E-state index is 0.0379. The highest BCUT2D eigenvalue weighted by Gasteiger charge is 2.13. The number of amides is 1. The van der Waals surface area contributed by atoms with E-state index < -0.39 is 0 Å². The number of carbonyl (C=O) groups excluding carboxylic acids is 1. The normalized spacial score (nSPS) is 10.7. The van der Waals surface area contributed by atoms with Crippen molar-refractivity contribution in [2.75, 3.05) is 5.32 Å². The summed E-state index contributed by atoms with van der Waals surface area (Å²) in [5.41, 5.74) is 1.09. The monoisotopic (exact) mass is 396 g/mol. The lowest BCUT2D eigenvalue weighted by molar-refractivity contribution is 0.102. The predicted octanol–water partition coefficient (Wildman–Crippen LogP) is 3.86. The van der Waals surface area contributed by atoms with E-state index in [1.807, 2.05) is 24.3 Å². The molecule has 3 aromatic rings. The van der Waals surface area contributed by atoms with Crippen LogP contribution in [-0.4, -0.2) is 16.0 Å². The van der Waals surface area contributed by atoms with Crippen molar-refractivity contribution in [1.29, 1.82) is 0 Å². The van der Waals surface area contributed by atoms with Gasteiger partial charge in [0.15, 0.2) is 5.13 Å². The number of para-hydroxylation sites is 1. The molecule has 1 amide bonds. The van der Waals surface area contributed by atoms with Crippen LogP contribution in [0.25, 0.3) is 10.2 Å². The lowest BCUT2D eigenvalue weighted by Crippen LogP contribution is -2.12. The molecule has 20 heavy (non-hydrogen) atoms. The van der Waals surface area contributed by atoms with Crippen molar-refractivity contribution in [3.8, 4) is 5.75 Å². The SMILES string of the molecule is O=C(Nc1nc2ccccc2s1)c1cc(I)ccc1O. The van der Waals surface area contributed by atoms with E-state index >= 15 is 0 Å². The minimum atomic E-state index is -0.361. The molecular weight excluding hydrogens is 387 g/mol. The molecule has 0 unspecified atom stereocenters. The Hall–Kier alpha value is -1.67. The van der Waals surface area contributed by atoms with Gasteiger partial charge in [0.2, 0.25) is 0 Å². The number of aromatic hydroxyl groups is 1. The zero-order chi connectivity index (χ0) is 14.1. The van der Waals surface area contributed by atoms with Crippen LogP contribution in [0.4, 0.5) is 5.13 Å². The number of nitrogens with zero attached hydrogens (tertiary/aromatic N) is 1. The first-order valence-electron chi connectivity index (χ1n) is 5.79. The molecule has 0 spiro atoms. The van der Waals surface area contributed by atoms with E-state index in [9.17, 15) is 9.90 Å². The average Bonchev–Trinajstić information content (AvgIpc) is 2.83. The Morgan fingerprint density at radius 3 is 2.85 bits per heavy atom. The summed E-state index contributed by atoms with van der Waals surface area (Å²) in [7, 11) is 0. The molecule has 1 aromatic heterocycles. The van der Waals surface area contributed by atoms with Gasteiger partial charge in [0.1, 0.15) is 5.75 Å². The number of rotatable bonds is 2.